The van der Waals surface area contributed by atoms with Crippen molar-refractivity contribution in [2.45, 2.75) is 25.9 Å². The minimum atomic E-state index is -0.546. The highest BCUT2D eigenvalue weighted by atomic mass is 16.5. The number of hydrogen-bond acceptors (Lipinski definition) is 4. The van der Waals surface area contributed by atoms with Crippen LogP contribution < -0.4 is 9.64 Å². The van der Waals surface area contributed by atoms with E-state index in [0.29, 0.717) is 13.2 Å². The van der Waals surface area contributed by atoms with Gasteiger partial charge in [0.2, 0.25) is 0 Å². The van der Waals surface area contributed by atoms with E-state index in [1.807, 2.05) is 31.3 Å². The Bertz CT molecular complexity index is 719. The summed E-state index contributed by atoms with van der Waals surface area (Å²) in [6.07, 6.45) is 2.97. The molecule has 3 rings (SSSR count). The molecule has 3 N–H and O–H groups in total. The van der Waals surface area contributed by atoms with Crippen LogP contribution in [0.4, 0.5) is 0 Å². The Hall–Kier alpha value is -2.05. The SMILES string of the molecule is CCOC(=O)C1CC[NH+](C[C@@H](O)c2c[nH]c3ccc(OC)cc23)CC1. The normalized spacial score (nSPS) is 21.9. The standard InChI is InChI=1S/C19H26N2O4/c1-3-25-19(23)13-6-8-21(9-7-13)12-18(22)16-11-20-17-5-4-14(24-2)10-15(16)17/h4-5,10-11,13,18,20,22H,3,6-9,12H2,1-2H3/p+1/t18-/m1/s1. The van der Waals surface area contributed by atoms with Gasteiger partial charge in [0.1, 0.15) is 18.4 Å². The quantitative estimate of drug-likeness (QED) is 0.683. The minimum Gasteiger partial charge on any atom is -0.497 e. The van der Waals surface area contributed by atoms with Crippen molar-refractivity contribution in [2.24, 2.45) is 5.92 Å². The van der Waals surface area contributed by atoms with E-state index >= 15 is 0 Å². The third-order valence-corrected chi connectivity index (χ3v) is 5.07. The van der Waals surface area contributed by atoms with Crippen LogP contribution in [0.2, 0.25) is 0 Å². The van der Waals surface area contributed by atoms with E-state index in [2.05, 4.69) is 4.98 Å². The van der Waals surface area contributed by atoms with Crippen LogP contribution in [0, 0.1) is 5.92 Å². The van der Waals surface area contributed by atoms with Crippen molar-refractivity contribution >= 4 is 16.9 Å². The first-order chi connectivity index (χ1) is 12.1. The van der Waals surface area contributed by atoms with Gasteiger partial charge in [0.15, 0.2) is 0 Å². The maximum absolute atomic E-state index is 11.8. The van der Waals surface area contributed by atoms with Crippen molar-refractivity contribution < 1.29 is 24.3 Å². The second kappa shape index (κ2) is 7.89. The number of carbonyl (C=O) groups excluding carboxylic acids is 1. The Kier molecular flexibility index (Phi) is 5.60. The van der Waals surface area contributed by atoms with Gasteiger partial charge in [-0.25, -0.2) is 0 Å². The second-order valence-corrected chi connectivity index (χ2v) is 6.65. The van der Waals surface area contributed by atoms with Crippen LogP contribution >= 0.6 is 0 Å². The number of H-pyrrole nitrogens is 1. The summed E-state index contributed by atoms with van der Waals surface area (Å²) in [5.41, 5.74) is 1.89. The molecule has 1 aromatic carbocycles. The summed E-state index contributed by atoms with van der Waals surface area (Å²) in [5.74, 6) is 0.715. The topological polar surface area (TPSA) is 76.0 Å². The molecular weight excluding hydrogens is 320 g/mol. The van der Waals surface area contributed by atoms with Crippen LogP contribution in [0.25, 0.3) is 10.9 Å². The molecule has 6 nitrogen and oxygen atoms in total. The van der Waals surface area contributed by atoms with Crippen LogP contribution in [0.3, 0.4) is 0 Å². The molecule has 1 aliphatic rings. The molecule has 0 unspecified atom stereocenters. The number of carbonyl (C=O) groups is 1. The lowest BCUT2D eigenvalue weighted by Crippen LogP contribution is -3.13. The molecule has 2 aromatic rings. The van der Waals surface area contributed by atoms with Crippen LogP contribution in [0.5, 0.6) is 5.75 Å². The van der Waals surface area contributed by atoms with Gasteiger partial charge < -0.3 is 24.5 Å². The minimum absolute atomic E-state index is 0.0122. The van der Waals surface area contributed by atoms with Gasteiger partial charge in [-0.15, -0.1) is 0 Å². The van der Waals surface area contributed by atoms with Crippen LogP contribution in [-0.2, 0) is 9.53 Å². The number of quaternary nitrogens is 1. The van der Waals surface area contributed by atoms with Crippen molar-refractivity contribution in [3.8, 4) is 5.75 Å². The first-order valence-electron chi connectivity index (χ1n) is 8.95. The third-order valence-electron chi connectivity index (χ3n) is 5.07. The number of nitrogens with one attached hydrogen (secondary N) is 2. The van der Waals surface area contributed by atoms with Gasteiger partial charge >= 0.3 is 5.97 Å². The molecule has 1 atom stereocenters. The monoisotopic (exact) mass is 347 g/mol. The average Bonchev–Trinajstić information content (AvgIpc) is 3.05. The predicted molar refractivity (Wildman–Crippen MR) is 94.7 cm³/mol. The molecule has 0 spiro atoms. The lowest BCUT2D eigenvalue weighted by atomic mass is 9.96. The number of methoxy groups -OCH3 is 1. The summed E-state index contributed by atoms with van der Waals surface area (Å²) >= 11 is 0. The van der Waals surface area contributed by atoms with Gasteiger partial charge in [0.25, 0.3) is 0 Å². The first kappa shape index (κ1) is 17.8. The van der Waals surface area contributed by atoms with E-state index in [0.717, 1.165) is 48.1 Å². The highest BCUT2D eigenvalue weighted by molar-refractivity contribution is 5.85. The fraction of sp³-hybridized carbons (Fsp3) is 0.526. The Morgan fingerprint density at radius 2 is 2.16 bits per heavy atom. The summed E-state index contributed by atoms with van der Waals surface area (Å²) in [6.45, 7) is 4.68. The van der Waals surface area contributed by atoms with Crippen LogP contribution in [0.1, 0.15) is 31.4 Å². The number of likely N-dealkylation sites (tertiary alicyclic amines) is 1. The number of benzene rings is 1. The van der Waals surface area contributed by atoms with Gasteiger partial charge in [-0.1, -0.05) is 0 Å². The molecular formula is C19H27N2O4+. The van der Waals surface area contributed by atoms with Gasteiger partial charge in [-0.3, -0.25) is 4.79 Å². The summed E-state index contributed by atoms with van der Waals surface area (Å²) in [7, 11) is 1.64. The molecule has 1 aliphatic heterocycles. The molecule has 1 saturated heterocycles. The number of aliphatic hydroxyl groups excluding tert-OH is 1. The first-order valence-corrected chi connectivity index (χ1v) is 8.95. The Morgan fingerprint density at radius 3 is 2.84 bits per heavy atom. The maximum atomic E-state index is 11.8. The number of aromatic nitrogens is 1. The molecule has 136 valence electrons. The summed E-state index contributed by atoms with van der Waals surface area (Å²) in [6, 6.07) is 5.81. The van der Waals surface area contributed by atoms with E-state index in [1.54, 1.807) is 7.11 Å². The molecule has 25 heavy (non-hydrogen) atoms. The Balaban J connectivity index is 1.62. The van der Waals surface area contributed by atoms with Gasteiger partial charge in [-0.2, -0.15) is 0 Å². The molecule has 0 saturated carbocycles. The Morgan fingerprint density at radius 1 is 1.40 bits per heavy atom. The van der Waals surface area contributed by atoms with Gasteiger partial charge in [-0.05, 0) is 25.1 Å². The zero-order valence-corrected chi connectivity index (χ0v) is 14.9. The van der Waals surface area contributed by atoms with Crippen molar-refractivity contribution in [3.63, 3.8) is 0 Å². The van der Waals surface area contributed by atoms with E-state index in [1.165, 1.54) is 4.90 Å². The highest BCUT2D eigenvalue weighted by Gasteiger charge is 2.30. The number of hydrogen-bond donors (Lipinski definition) is 3. The summed E-state index contributed by atoms with van der Waals surface area (Å²) in [5, 5.41) is 11.7. The number of fused-ring (bicyclic) bond motifs is 1. The van der Waals surface area contributed by atoms with Gasteiger partial charge in [0.05, 0.1) is 32.7 Å². The van der Waals surface area contributed by atoms with Crippen molar-refractivity contribution in [1.82, 2.24) is 4.98 Å². The lowest BCUT2D eigenvalue weighted by molar-refractivity contribution is -0.909. The van der Waals surface area contributed by atoms with Gasteiger partial charge in [0, 0.05) is 35.5 Å². The lowest BCUT2D eigenvalue weighted by Gasteiger charge is -2.29. The molecule has 0 radical (unpaired) electrons. The number of rotatable bonds is 6. The third kappa shape index (κ3) is 3.96. The molecule has 0 bridgehead atoms. The number of aromatic amines is 1. The summed E-state index contributed by atoms with van der Waals surface area (Å²) < 4.78 is 10.4. The maximum Gasteiger partial charge on any atom is 0.309 e. The average molecular weight is 347 g/mol. The number of aliphatic hydroxyl groups is 1. The molecule has 2 heterocycles. The zero-order valence-electron chi connectivity index (χ0n) is 14.9. The van der Waals surface area contributed by atoms with Crippen molar-refractivity contribution in [2.75, 3.05) is 33.4 Å². The highest BCUT2D eigenvalue weighted by Crippen LogP contribution is 2.27. The van der Waals surface area contributed by atoms with Crippen molar-refractivity contribution in [3.05, 3.63) is 30.0 Å². The molecule has 0 amide bonds. The number of ether oxygens (including phenoxy) is 2. The van der Waals surface area contributed by atoms with E-state index in [4.69, 9.17) is 9.47 Å². The molecule has 6 heteroatoms. The largest absolute Gasteiger partial charge is 0.497 e. The molecule has 1 aromatic heterocycles. The molecule has 1 fully saturated rings. The predicted octanol–water partition coefficient (Wildman–Crippen LogP) is 1.07. The summed E-state index contributed by atoms with van der Waals surface area (Å²) in [4.78, 5) is 16.4. The van der Waals surface area contributed by atoms with Crippen molar-refractivity contribution in [1.29, 1.82) is 0 Å². The second-order valence-electron chi connectivity index (χ2n) is 6.65. The van der Waals surface area contributed by atoms with E-state index in [9.17, 15) is 9.90 Å². The van der Waals surface area contributed by atoms with E-state index < -0.39 is 6.10 Å². The fourth-order valence-electron chi connectivity index (χ4n) is 3.63. The van der Waals surface area contributed by atoms with Crippen LogP contribution in [-0.4, -0.2) is 49.4 Å². The number of piperidine rings is 1. The van der Waals surface area contributed by atoms with E-state index in [-0.39, 0.29) is 11.9 Å². The Labute approximate surface area is 147 Å². The van der Waals surface area contributed by atoms with Crippen LogP contribution in [0.15, 0.2) is 24.4 Å². The molecule has 0 aliphatic carbocycles. The zero-order chi connectivity index (χ0) is 17.8. The number of esters is 1. The fourth-order valence-corrected chi connectivity index (χ4v) is 3.63. The smallest absolute Gasteiger partial charge is 0.309 e.